The van der Waals surface area contributed by atoms with Crippen LogP contribution >= 0.6 is 0 Å². The minimum Gasteiger partial charge on any atom is -0.358 e. The van der Waals surface area contributed by atoms with Crippen LogP contribution in [0.4, 0.5) is 0 Å². The van der Waals surface area contributed by atoms with Crippen molar-refractivity contribution in [1.82, 2.24) is 25.0 Å². The molecule has 1 atom stereocenters. The van der Waals surface area contributed by atoms with Crippen molar-refractivity contribution in [2.45, 2.75) is 32.2 Å². The summed E-state index contributed by atoms with van der Waals surface area (Å²) in [5.74, 6) is 1.24. The topological polar surface area (TPSA) is 67.0 Å². The molecule has 4 rings (SSSR count). The summed E-state index contributed by atoms with van der Waals surface area (Å²) in [5.41, 5.74) is 2.42. The molecule has 162 valence electrons. The largest absolute Gasteiger partial charge is 0.358 e. The minimum atomic E-state index is -0.0257. The van der Waals surface area contributed by atoms with Crippen LogP contribution in [0.1, 0.15) is 25.5 Å². The Morgan fingerprint density at radius 2 is 1.83 bits per heavy atom. The van der Waals surface area contributed by atoms with E-state index in [1.165, 1.54) is 16.6 Å². The third-order valence-corrected chi connectivity index (χ3v) is 6.41. The lowest BCUT2D eigenvalue weighted by Crippen LogP contribution is -2.57. The maximum atomic E-state index is 12.7. The smallest absolute Gasteiger partial charge is 0.239 e. The average molecular weight is 411 g/mol. The number of fused-ring (bicyclic) bond motifs is 1. The van der Waals surface area contributed by atoms with Crippen LogP contribution in [0.5, 0.6) is 0 Å². The molecule has 1 amide bonds. The van der Waals surface area contributed by atoms with Gasteiger partial charge in [0.2, 0.25) is 5.91 Å². The molecule has 2 N–H and O–H groups in total. The van der Waals surface area contributed by atoms with Crippen molar-refractivity contribution in [3.63, 3.8) is 0 Å². The second-order valence-corrected chi connectivity index (χ2v) is 8.34. The van der Waals surface area contributed by atoms with Crippen LogP contribution < -0.4 is 5.32 Å². The normalized spacial score (nSPS) is 19.5. The Morgan fingerprint density at radius 3 is 2.53 bits per heavy atom. The number of nitrogens with one attached hydrogen (secondary N) is 2. The minimum absolute atomic E-state index is 0.0257. The monoisotopic (exact) mass is 410 g/mol. The van der Waals surface area contributed by atoms with E-state index < -0.39 is 0 Å². The molecule has 2 saturated heterocycles. The van der Waals surface area contributed by atoms with Crippen molar-refractivity contribution in [2.75, 3.05) is 52.9 Å². The third kappa shape index (κ3) is 4.61. The second-order valence-electron chi connectivity index (χ2n) is 8.34. The maximum absolute atomic E-state index is 12.7. The summed E-state index contributed by atoms with van der Waals surface area (Å²) in [6, 6.07) is 10.6. The van der Waals surface area contributed by atoms with E-state index in [1.807, 2.05) is 11.9 Å². The molecule has 2 aliphatic heterocycles. The number of piperazine rings is 1. The zero-order valence-electron chi connectivity index (χ0n) is 18.2. The van der Waals surface area contributed by atoms with Crippen molar-refractivity contribution in [3.8, 4) is 0 Å². The van der Waals surface area contributed by atoms with Gasteiger partial charge < -0.3 is 20.1 Å². The number of H-pyrrole nitrogens is 1. The summed E-state index contributed by atoms with van der Waals surface area (Å²) >= 11 is 0. The highest BCUT2D eigenvalue weighted by Gasteiger charge is 2.30. The van der Waals surface area contributed by atoms with Crippen LogP contribution in [0.2, 0.25) is 0 Å². The fourth-order valence-corrected chi connectivity index (χ4v) is 4.59. The number of para-hydroxylation sites is 1. The van der Waals surface area contributed by atoms with E-state index in [2.05, 4.69) is 62.3 Å². The zero-order valence-corrected chi connectivity index (χ0v) is 18.2. The molecule has 0 radical (unpaired) electrons. The van der Waals surface area contributed by atoms with Crippen LogP contribution in [-0.2, 0) is 11.2 Å². The maximum Gasteiger partial charge on any atom is 0.239 e. The Balaban J connectivity index is 1.24. The van der Waals surface area contributed by atoms with Gasteiger partial charge >= 0.3 is 0 Å². The number of carbonyl (C=O) groups excluding carboxylic acids is 1. The summed E-state index contributed by atoms with van der Waals surface area (Å²) in [6.07, 6.45) is 3.22. The van der Waals surface area contributed by atoms with E-state index in [4.69, 9.17) is 0 Å². The molecule has 30 heavy (non-hydrogen) atoms. The van der Waals surface area contributed by atoms with E-state index in [0.29, 0.717) is 5.91 Å². The highest BCUT2D eigenvalue weighted by atomic mass is 16.2. The van der Waals surface area contributed by atoms with Crippen molar-refractivity contribution < 1.29 is 4.79 Å². The van der Waals surface area contributed by atoms with E-state index in [1.54, 1.807) is 0 Å². The Morgan fingerprint density at radius 1 is 1.10 bits per heavy atom. The molecular formula is C23H34N6O. The number of nitrogens with zero attached hydrogens (tertiary/aromatic N) is 4. The number of hydrogen-bond acceptors (Lipinski definition) is 3. The zero-order chi connectivity index (χ0) is 20.9. The van der Waals surface area contributed by atoms with Crippen molar-refractivity contribution in [1.29, 1.82) is 0 Å². The number of aromatic nitrogens is 1. The van der Waals surface area contributed by atoms with Crippen LogP contribution in [0.3, 0.4) is 0 Å². The summed E-state index contributed by atoms with van der Waals surface area (Å²) < 4.78 is 0. The highest BCUT2D eigenvalue weighted by Crippen LogP contribution is 2.15. The van der Waals surface area contributed by atoms with Crippen LogP contribution in [0, 0.1) is 0 Å². The number of rotatable bonds is 5. The molecule has 0 bridgehead atoms. The van der Waals surface area contributed by atoms with Crippen molar-refractivity contribution in [2.24, 2.45) is 4.99 Å². The Bertz CT molecular complexity index is 844. The van der Waals surface area contributed by atoms with E-state index in [0.717, 1.165) is 71.0 Å². The number of carbonyl (C=O) groups is 1. The van der Waals surface area contributed by atoms with Gasteiger partial charge in [0.25, 0.3) is 0 Å². The number of hydrogen-bond donors (Lipinski definition) is 2. The third-order valence-electron chi connectivity index (χ3n) is 6.41. The molecule has 1 aromatic carbocycles. The summed E-state index contributed by atoms with van der Waals surface area (Å²) in [6.45, 7) is 8.32. The Hall–Kier alpha value is -2.54. The lowest BCUT2D eigenvalue weighted by Gasteiger charge is -2.39. The quantitative estimate of drug-likeness (QED) is 0.584. The molecule has 2 fully saturated rings. The lowest BCUT2D eigenvalue weighted by atomic mass is 10.2. The number of amides is 1. The molecule has 0 spiro atoms. The summed E-state index contributed by atoms with van der Waals surface area (Å²) in [7, 11) is 1.84. The van der Waals surface area contributed by atoms with E-state index >= 15 is 0 Å². The first-order valence-corrected chi connectivity index (χ1v) is 11.2. The average Bonchev–Trinajstić information content (AvgIpc) is 3.45. The molecule has 1 aromatic heterocycles. The number of guanidine groups is 1. The number of aliphatic imine (C=N–C) groups is 1. The highest BCUT2D eigenvalue weighted by molar-refractivity contribution is 5.82. The van der Waals surface area contributed by atoms with Gasteiger partial charge in [-0.1, -0.05) is 18.2 Å². The number of benzene rings is 1. The first-order valence-electron chi connectivity index (χ1n) is 11.2. The molecular weight excluding hydrogens is 376 g/mol. The fourth-order valence-electron chi connectivity index (χ4n) is 4.59. The molecule has 2 aliphatic rings. The van der Waals surface area contributed by atoms with Gasteiger partial charge in [-0.3, -0.25) is 14.7 Å². The van der Waals surface area contributed by atoms with Gasteiger partial charge in [-0.15, -0.1) is 0 Å². The van der Waals surface area contributed by atoms with Gasteiger partial charge in [-0.05, 0) is 37.3 Å². The lowest BCUT2D eigenvalue weighted by molar-refractivity contribution is -0.135. The van der Waals surface area contributed by atoms with Gasteiger partial charge in [0.15, 0.2) is 5.96 Å². The SMILES string of the molecule is CN=C(NCCc1cc2ccccc2[nH]1)N1CCN(C(C)C(=O)N2CCCC2)CC1. The molecule has 7 nitrogen and oxygen atoms in total. The predicted octanol–water partition coefficient (Wildman–Crippen LogP) is 1.91. The molecule has 7 heteroatoms. The molecule has 2 aromatic rings. The molecule has 0 saturated carbocycles. The molecule has 3 heterocycles. The standard InChI is InChI=1S/C23H34N6O/c1-18(22(30)28-11-5-6-12-28)27-13-15-29(16-14-27)23(24-2)25-10-9-20-17-19-7-3-4-8-21(19)26-20/h3-4,7-8,17-18,26H,5-6,9-16H2,1-2H3,(H,24,25). The van der Waals surface area contributed by atoms with Gasteiger partial charge in [0.05, 0.1) is 6.04 Å². The molecule has 1 unspecified atom stereocenters. The van der Waals surface area contributed by atoms with Gasteiger partial charge in [0, 0.05) is 70.5 Å². The Kier molecular flexibility index (Phi) is 6.57. The van der Waals surface area contributed by atoms with E-state index in [-0.39, 0.29) is 6.04 Å². The van der Waals surface area contributed by atoms with Crippen LogP contribution in [0.25, 0.3) is 10.9 Å². The van der Waals surface area contributed by atoms with Gasteiger partial charge in [-0.25, -0.2) is 0 Å². The van der Waals surface area contributed by atoms with Crippen molar-refractivity contribution in [3.05, 3.63) is 36.0 Å². The van der Waals surface area contributed by atoms with Crippen LogP contribution in [-0.4, -0.2) is 90.5 Å². The fraction of sp³-hybridized carbons (Fsp3) is 0.565. The van der Waals surface area contributed by atoms with Crippen molar-refractivity contribution >= 4 is 22.8 Å². The van der Waals surface area contributed by atoms with Gasteiger partial charge in [-0.2, -0.15) is 0 Å². The molecule has 0 aliphatic carbocycles. The van der Waals surface area contributed by atoms with Crippen LogP contribution in [0.15, 0.2) is 35.3 Å². The first kappa shape index (κ1) is 20.7. The van der Waals surface area contributed by atoms with Gasteiger partial charge in [0.1, 0.15) is 0 Å². The summed E-state index contributed by atoms with van der Waals surface area (Å²) in [4.78, 5) is 27.3. The number of likely N-dealkylation sites (tertiary alicyclic amines) is 1. The predicted molar refractivity (Wildman–Crippen MR) is 122 cm³/mol. The van der Waals surface area contributed by atoms with E-state index in [9.17, 15) is 4.79 Å². The first-order chi connectivity index (χ1) is 14.7. The Labute approximate surface area is 179 Å². The second kappa shape index (κ2) is 9.51. The number of aromatic amines is 1. The summed E-state index contributed by atoms with van der Waals surface area (Å²) in [5, 5.41) is 4.76.